The van der Waals surface area contributed by atoms with E-state index in [1.165, 1.54) is 10.9 Å². The van der Waals surface area contributed by atoms with Crippen molar-refractivity contribution >= 4 is 17.3 Å². The van der Waals surface area contributed by atoms with Gasteiger partial charge in [-0.3, -0.25) is 9.59 Å². The van der Waals surface area contributed by atoms with Crippen LogP contribution in [0.5, 0.6) is 11.5 Å². The molecule has 1 aromatic heterocycles. The summed E-state index contributed by atoms with van der Waals surface area (Å²) in [6.07, 6.45) is 1.53. The number of carbonyl (C=O) groups is 1. The third-order valence-corrected chi connectivity index (χ3v) is 6.43. The maximum Gasteiger partial charge on any atom is 0.299 e. The molecule has 0 aliphatic heterocycles. The van der Waals surface area contributed by atoms with E-state index < -0.39 is 0 Å². The molecule has 1 amide bonds. The van der Waals surface area contributed by atoms with Gasteiger partial charge in [0.1, 0.15) is 5.75 Å². The Labute approximate surface area is 226 Å². The number of ether oxygens (including phenoxy) is 1. The van der Waals surface area contributed by atoms with Gasteiger partial charge in [-0.25, -0.2) is 0 Å². The van der Waals surface area contributed by atoms with Gasteiger partial charge in [-0.1, -0.05) is 60.7 Å². The maximum atomic E-state index is 13.6. The topological polar surface area (TPSA) is 85.2 Å². The number of amides is 1. The summed E-state index contributed by atoms with van der Waals surface area (Å²) in [5.41, 5.74) is 4.71. The van der Waals surface area contributed by atoms with Gasteiger partial charge in [0, 0.05) is 17.8 Å². The number of hydrogen-bond donors (Lipinski definition) is 2. The van der Waals surface area contributed by atoms with Gasteiger partial charge in [-0.2, -0.15) is 9.78 Å². The summed E-state index contributed by atoms with van der Waals surface area (Å²) in [6.45, 7) is 4.41. The van der Waals surface area contributed by atoms with Gasteiger partial charge in [-0.05, 0) is 73.0 Å². The molecular weight excluding hydrogens is 488 g/mol. The normalized spacial score (nSPS) is 10.6. The number of aryl methyl sites for hydroxylation is 1. The van der Waals surface area contributed by atoms with Crippen molar-refractivity contribution in [3.63, 3.8) is 0 Å². The number of nitrogens with zero attached hydrogens (tertiary/aromatic N) is 2. The number of carbonyl (C=O) groups excluding carboxylic acids is 1. The number of aromatic nitrogens is 2. The van der Waals surface area contributed by atoms with Gasteiger partial charge in [-0.15, -0.1) is 0 Å². The van der Waals surface area contributed by atoms with E-state index in [-0.39, 0.29) is 17.2 Å². The largest absolute Gasteiger partial charge is 0.453 e. The number of benzene rings is 4. The summed E-state index contributed by atoms with van der Waals surface area (Å²) in [7, 11) is 0. The Balaban J connectivity index is 1.43. The van der Waals surface area contributed by atoms with Gasteiger partial charge in [0.25, 0.3) is 11.5 Å². The molecule has 1 heterocycles. The van der Waals surface area contributed by atoms with Crippen molar-refractivity contribution in [3.8, 4) is 17.2 Å². The van der Waals surface area contributed by atoms with Crippen LogP contribution in [0, 0.1) is 13.8 Å². The summed E-state index contributed by atoms with van der Waals surface area (Å²) >= 11 is 0. The average molecular weight is 517 g/mol. The van der Waals surface area contributed by atoms with Crippen LogP contribution >= 0.6 is 0 Å². The van der Waals surface area contributed by atoms with Crippen LogP contribution in [0.1, 0.15) is 27.0 Å². The van der Waals surface area contributed by atoms with Crippen LogP contribution in [0.15, 0.2) is 114 Å². The van der Waals surface area contributed by atoms with E-state index >= 15 is 0 Å². The molecule has 7 heteroatoms. The molecule has 0 radical (unpaired) electrons. The summed E-state index contributed by atoms with van der Waals surface area (Å²) < 4.78 is 7.52. The van der Waals surface area contributed by atoms with E-state index in [9.17, 15) is 9.59 Å². The first-order valence-corrected chi connectivity index (χ1v) is 12.6. The van der Waals surface area contributed by atoms with Crippen LogP contribution in [0.25, 0.3) is 5.69 Å². The molecule has 2 N–H and O–H groups in total. The first-order chi connectivity index (χ1) is 19.0. The molecule has 194 valence electrons. The zero-order valence-corrected chi connectivity index (χ0v) is 21.7. The highest BCUT2D eigenvalue weighted by atomic mass is 16.5. The third kappa shape index (κ3) is 5.88. The molecule has 5 rings (SSSR count). The Bertz CT molecular complexity index is 1650. The van der Waals surface area contributed by atoms with Crippen molar-refractivity contribution in [2.75, 3.05) is 5.32 Å². The zero-order valence-electron chi connectivity index (χ0n) is 21.7. The van der Waals surface area contributed by atoms with E-state index in [0.29, 0.717) is 35.0 Å². The Kier molecular flexibility index (Phi) is 7.50. The molecular formula is C32H28N4O3. The molecule has 0 bridgehead atoms. The predicted octanol–water partition coefficient (Wildman–Crippen LogP) is 6.32. The lowest BCUT2D eigenvalue weighted by atomic mass is 10.1. The number of anilines is 2. The molecule has 7 nitrogen and oxygen atoms in total. The monoisotopic (exact) mass is 516 g/mol. The SMILES string of the molecule is Cc1cccc(Oc2cnn(-c3ccccc3)c(=O)c2Nc2ccc(C(=O)NCc3ccccc3)cc2)c1C. The van der Waals surface area contributed by atoms with E-state index in [4.69, 9.17) is 4.74 Å². The van der Waals surface area contributed by atoms with Crippen molar-refractivity contribution in [2.24, 2.45) is 0 Å². The Morgan fingerprint density at radius 2 is 1.51 bits per heavy atom. The minimum Gasteiger partial charge on any atom is -0.453 e. The highest BCUT2D eigenvalue weighted by Crippen LogP contribution is 2.31. The summed E-state index contributed by atoms with van der Waals surface area (Å²) in [6, 6.07) is 31.6. The van der Waals surface area contributed by atoms with Crippen molar-refractivity contribution in [3.05, 3.63) is 142 Å². The van der Waals surface area contributed by atoms with Crippen molar-refractivity contribution in [1.29, 1.82) is 0 Å². The number of nitrogens with one attached hydrogen (secondary N) is 2. The quantitative estimate of drug-likeness (QED) is 0.252. The highest BCUT2D eigenvalue weighted by molar-refractivity contribution is 5.94. The molecule has 5 aromatic rings. The third-order valence-electron chi connectivity index (χ3n) is 6.43. The highest BCUT2D eigenvalue weighted by Gasteiger charge is 2.17. The number of rotatable bonds is 8. The maximum absolute atomic E-state index is 13.6. The Hall–Kier alpha value is -5.17. The van der Waals surface area contributed by atoms with Gasteiger partial charge in [0.15, 0.2) is 11.4 Å². The molecule has 0 aliphatic carbocycles. The van der Waals surface area contributed by atoms with Crippen LogP contribution in [-0.2, 0) is 6.54 Å². The predicted molar refractivity (Wildman–Crippen MR) is 153 cm³/mol. The second kappa shape index (κ2) is 11.5. The summed E-state index contributed by atoms with van der Waals surface area (Å²) in [5.74, 6) is 0.757. The standard InChI is InChI=1S/C32H28N4O3/c1-22-10-9-15-28(23(22)2)39-29-21-34-36(27-13-7-4-8-14-27)32(38)30(29)35-26-18-16-25(17-19-26)31(37)33-20-24-11-5-3-6-12-24/h3-19,21,35H,20H2,1-2H3,(H,33,37). The van der Waals surface area contributed by atoms with Gasteiger partial charge >= 0.3 is 0 Å². The molecule has 0 saturated heterocycles. The van der Waals surface area contributed by atoms with E-state index in [1.807, 2.05) is 92.7 Å². The first kappa shape index (κ1) is 25.5. The molecule has 0 aliphatic rings. The first-order valence-electron chi connectivity index (χ1n) is 12.6. The van der Waals surface area contributed by atoms with Gasteiger partial charge < -0.3 is 15.4 Å². The lowest BCUT2D eigenvalue weighted by Crippen LogP contribution is -2.24. The van der Waals surface area contributed by atoms with Gasteiger partial charge in [0.05, 0.1) is 11.9 Å². The molecule has 4 aromatic carbocycles. The van der Waals surface area contributed by atoms with Crippen molar-refractivity contribution < 1.29 is 9.53 Å². The molecule has 39 heavy (non-hydrogen) atoms. The molecule has 0 saturated carbocycles. The van der Waals surface area contributed by atoms with Crippen molar-refractivity contribution in [2.45, 2.75) is 20.4 Å². The van der Waals surface area contributed by atoms with Crippen LogP contribution in [0.2, 0.25) is 0 Å². The minimum absolute atomic E-state index is 0.181. The fraction of sp³-hybridized carbons (Fsp3) is 0.0938. The fourth-order valence-corrected chi connectivity index (χ4v) is 4.07. The zero-order chi connectivity index (χ0) is 27.2. The Morgan fingerprint density at radius 1 is 0.821 bits per heavy atom. The van der Waals surface area contributed by atoms with Crippen LogP contribution in [0.4, 0.5) is 11.4 Å². The average Bonchev–Trinajstić information content (AvgIpc) is 2.97. The van der Waals surface area contributed by atoms with E-state index in [1.54, 1.807) is 24.3 Å². The van der Waals surface area contributed by atoms with Crippen molar-refractivity contribution in [1.82, 2.24) is 15.1 Å². The number of hydrogen-bond acceptors (Lipinski definition) is 5. The van der Waals surface area contributed by atoms with E-state index in [2.05, 4.69) is 15.7 Å². The van der Waals surface area contributed by atoms with Gasteiger partial charge in [0.2, 0.25) is 0 Å². The number of para-hydroxylation sites is 1. The molecule has 0 fully saturated rings. The Morgan fingerprint density at radius 3 is 2.23 bits per heavy atom. The molecule has 0 spiro atoms. The lowest BCUT2D eigenvalue weighted by molar-refractivity contribution is 0.0951. The molecule has 0 unspecified atom stereocenters. The molecule has 0 atom stereocenters. The van der Waals surface area contributed by atoms with E-state index in [0.717, 1.165) is 16.7 Å². The lowest BCUT2D eigenvalue weighted by Gasteiger charge is -2.16. The van der Waals surface area contributed by atoms with Crippen LogP contribution in [-0.4, -0.2) is 15.7 Å². The minimum atomic E-state index is -0.367. The summed E-state index contributed by atoms with van der Waals surface area (Å²) in [5, 5.41) is 10.5. The smallest absolute Gasteiger partial charge is 0.299 e. The second-order valence-electron chi connectivity index (χ2n) is 9.11. The summed E-state index contributed by atoms with van der Waals surface area (Å²) in [4.78, 5) is 26.3. The fourth-order valence-electron chi connectivity index (χ4n) is 4.07. The van der Waals surface area contributed by atoms with Crippen LogP contribution < -0.4 is 20.9 Å². The second-order valence-corrected chi connectivity index (χ2v) is 9.11. The van der Waals surface area contributed by atoms with Crippen LogP contribution in [0.3, 0.4) is 0 Å².